The summed E-state index contributed by atoms with van der Waals surface area (Å²) < 4.78 is 0. The van der Waals surface area contributed by atoms with Gasteiger partial charge in [-0.05, 0) is 12.8 Å². The molecule has 1 saturated heterocycles. The predicted molar refractivity (Wildman–Crippen MR) is 57.9 cm³/mol. The van der Waals surface area contributed by atoms with E-state index >= 15 is 0 Å². The molecule has 0 aliphatic carbocycles. The van der Waals surface area contributed by atoms with Crippen LogP contribution in [0.15, 0.2) is 12.7 Å². The average molecular weight is 182 g/mol. The van der Waals surface area contributed by atoms with E-state index in [1.807, 2.05) is 6.08 Å². The number of hydrogen-bond donors (Lipinski definition) is 1. The highest BCUT2D eigenvalue weighted by molar-refractivity contribution is 4.88. The van der Waals surface area contributed by atoms with Gasteiger partial charge in [-0.15, -0.1) is 6.58 Å². The van der Waals surface area contributed by atoms with Crippen LogP contribution in [0.5, 0.6) is 0 Å². The van der Waals surface area contributed by atoms with Gasteiger partial charge in [0.15, 0.2) is 0 Å². The quantitative estimate of drug-likeness (QED) is 0.665. The third-order valence-corrected chi connectivity index (χ3v) is 2.94. The van der Waals surface area contributed by atoms with Gasteiger partial charge in [-0.25, -0.2) is 0 Å². The summed E-state index contributed by atoms with van der Waals surface area (Å²) in [5.41, 5.74) is 0. The smallest absolute Gasteiger partial charge is 0.0222 e. The van der Waals surface area contributed by atoms with Crippen molar-refractivity contribution < 1.29 is 0 Å². The fourth-order valence-corrected chi connectivity index (χ4v) is 1.99. The molecule has 0 aromatic rings. The van der Waals surface area contributed by atoms with Crippen LogP contribution in [0.25, 0.3) is 0 Å². The van der Waals surface area contributed by atoms with Crippen LogP contribution in [-0.2, 0) is 0 Å². The molecule has 0 bridgehead atoms. The number of piperazine rings is 1. The molecule has 2 heteroatoms. The fraction of sp³-hybridized carbons (Fsp3) is 0.818. The average Bonchev–Trinajstić information content (AvgIpc) is 2.18. The van der Waals surface area contributed by atoms with Crippen LogP contribution < -0.4 is 5.32 Å². The maximum absolute atomic E-state index is 3.81. The monoisotopic (exact) mass is 182 g/mol. The zero-order valence-corrected chi connectivity index (χ0v) is 8.92. The van der Waals surface area contributed by atoms with Crippen LogP contribution in [0, 0.1) is 0 Å². The van der Waals surface area contributed by atoms with E-state index in [1.165, 1.54) is 19.4 Å². The minimum Gasteiger partial charge on any atom is -0.311 e. The third kappa shape index (κ3) is 2.82. The first-order chi connectivity index (χ1) is 6.31. The van der Waals surface area contributed by atoms with Crippen molar-refractivity contribution in [3.8, 4) is 0 Å². The number of hydrogen-bond acceptors (Lipinski definition) is 2. The van der Waals surface area contributed by atoms with Crippen LogP contribution in [-0.4, -0.2) is 36.6 Å². The molecule has 2 atom stereocenters. The molecule has 1 heterocycles. The van der Waals surface area contributed by atoms with Crippen molar-refractivity contribution in [1.29, 1.82) is 0 Å². The van der Waals surface area contributed by atoms with Crippen LogP contribution >= 0.6 is 0 Å². The zero-order chi connectivity index (χ0) is 9.68. The van der Waals surface area contributed by atoms with E-state index in [9.17, 15) is 0 Å². The summed E-state index contributed by atoms with van der Waals surface area (Å²) in [6, 6.07) is 1.39. The number of nitrogens with zero attached hydrogens (tertiary/aromatic N) is 1. The number of rotatable bonds is 4. The molecule has 1 rings (SSSR count). The summed E-state index contributed by atoms with van der Waals surface area (Å²) in [6.07, 6.45) is 4.47. The Morgan fingerprint density at radius 1 is 1.46 bits per heavy atom. The molecule has 1 aliphatic heterocycles. The van der Waals surface area contributed by atoms with Crippen molar-refractivity contribution in [2.24, 2.45) is 0 Å². The molecule has 0 radical (unpaired) electrons. The van der Waals surface area contributed by atoms with E-state index < -0.39 is 0 Å². The molecular weight excluding hydrogens is 160 g/mol. The van der Waals surface area contributed by atoms with E-state index in [0.29, 0.717) is 12.1 Å². The predicted octanol–water partition coefficient (Wildman–Crippen LogP) is 1.63. The Hall–Kier alpha value is -0.340. The first-order valence-electron chi connectivity index (χ1n) is 5.40. The molecule has 1 aliphatic rings. The standard InChI is InChI=1S/C11H22N2/c1-4-7-13-9-10(5-2)12-8-11(13)6-3/h4,10-12H,1,5-9H2,2-3H3. The lowest BCUT2D eigenvalue weighted by atomic mass is 10.1. The molecule has 0 aromatic heterocycles. The van der Waals surface area contributed by atoms with Crippen molar-refractivity contribution in [2.75, 3.05) is 19.6 Å². The number of nitrogens with one attached hydrogen (secondary N) is 1. The van der Waals surface area contributed by atoms with Crippen molar-refractivity contribution >= 4 is 0 Å². The second kappa shape index (κ2) is 5.40. The Morgan fingerprint density at radius 2 is 2.23 bits per heavy atom. The van der Waals surface area contributed by atoms with Gasteiger partial charge in [0.25, 0.3) is 0 Å². The van der Waals surface area contributed by atoms with E-state index in [1.54, 1.807) is 0 Å². The van der Waals surface area contributed by atoms with E-state index in [2.05, 4.69) is 30.6 Å². The van der Waals surface area contributed by atoms with Gasteiger partial charge in [-0.1, -0.05) is 19.9 Å². The Bertz CT molecular complexity index is 156. The van der Waals surface area contributed by atoms with Crippen molar-refractivity contribution in [3.63, 3.8) is 0 Å². The lowest BCUT2D eigenvalue weighted by Gasteiger charge is -2.39. The Labute approximate surface area is 82.0 Å². The summed E-state index contributed by atoms with van der Waals surface area (Å²) in [6.45, 7) is 11.7. The second-order valence-electron chi connectivity index (χ2n) is 3.82. The maximum Gasteiger partial charge on any atom is 0.0222 e. The van der Waals surface area contributed by atoms with Crippen LogP contribution in [0.2, 0.25) is 0 Å². The molecule has 0 aromatic carbocycles. The van der Waals surface area contributed by atoms with Gasteiger partial charge >= 0.3 is 0 Å². The summed E-state index contributed by atoms with van der Waals surface area (Å²) >= 11 is 0. The van der Waals surface area contributed by atoms with Gasteiger partial charge in [-0.2, -0.15) is 0 Å². The van der Waals surface area contributed by atoms with Gasteiger partial charge in [0.2, 0.25) is 0 Å². The normalized spacial score (nSPS) is 30.3. The van der Waals surface area contributed by atoms with Crippen LogP contribution in [0.4, 0.5) is 0 Å². The van der Waals surface area contributed by atoms with Crippen LogP contribution in [0.3, 0.4) is 0 Å². The molecule has 2 unspecified atom stereocenters. The van der Waals surface area contributed by atoms with E-state index in [4.69, 9.17) is 0 Å². The molecule has 13 heavy (non-hydrogen) atoms. The highest BCUT2D eigenvalue weighted by Crippen LogP contribution is 2.11. The van der Waals surface area contributed by atoms with Crippen LogP contribution in [0.1, 0.15) is 26.7 Å². The van der Waals surface area contributed by atoms with E-state index in [0.717, 1.165) is 13.1 Å². The highest BCUT2D eigenvalue weighted by atomic mass is 15.2. The highest BCUT2D eigenvalue weighted by Gasteiger charge is 2.24. The summed E-state index contributed by atoms with van der Waals surface area (Å²) in [4.78, 5) is 2.54. The Balaban J connectivity index is 2.46. The molecule has 2 nitrogen and oxygen atoms in total. The Morgan fingerprint density at radius 3 is 2.77 bits per heavy atom. The SMILES string of the molecule is C=CCN1CC(CC)NCC1CC. The first-order valence-corrected chi connectivity index (χ1v) is 5.40. The van der Waals surface area contributed by atoms with Crippen molar-refractivity contribution in [3.05, 3.63) is 12.7 Å². The minimum absolute atomic E-state index is 0.683. The zero-order valence-electron chi connectivity index (χ0n) is 8.92. The topological polar surface area (TPSA) is 15.3 Å². The van der Waals surface area contributed by atoms with Gasteiger partial charge in [0.05, 0.1) is 0 Å². The summed E-state index contributed by atoms with van der Waals surface area (Å²) in [7, 11) is 0. The van der Waals surface area contributed by atoms with Gasteiger partial charge in [-0.3, -0.25) is 4.90 Å². The molecule has 1 N–H and O–H groups in total. The molecular formula is C11H22N2. The van der Waals surface area contributed by atoms with E-state index in [-0.39, 0.29) is 0 Å². The molecule has 1 fully saturated rings. The fourth-order valence-electron chi connectivity index (χ4n) is 1.99. The lowest BCUT2D eigenvalue weighted by molar-refractivity contribution is 0.139. The lowest BCUT2D eigenvalue weighted by Crippen LogP contribution is -2.55. The molecule has 0 saturated carbocycles. The van der Waals surface area contributed by atoms with Crippen molar-refractivity contribution in [1.82, 2.24) is 10.2 Å². The first kappa shape index (κ1) is 10.7. The summed E-state index contributed by atoms with van der Waals surface area (Å²) in [5.74, 6) is 0. The van der Waals surface area contributed by atoms with Gasteiger partial charge in [0, 0.05) is 31.7 Å². The third-order valence-electron chi connectivity index (χ3n) is 2.94. The minimum atomic E-state index is 0.683. The summed E-state index contributed by atoms with van der Waals surface area (Å²) in [5, 5.41) is 3.58. The molecule has 76 valence electrons. The Kier molecular flexibility index (Phi) is 4.46. The maximum atomic E-state index is 3.81. The second-order valence-corrected chi connectivity index (χ2v) is 3.82. The molecule has 0 spiro atoms. The largest absolute Gasteiger partial charge is 0.311 e. The van der Waals surface area contributed by atoms with Gasteiger partial charge in [0.1, 0.15) is 0 Å². The molecule has 0 amide bonds. The van der Waals surface area contributed by atoms with Crippen molar-refractivity contribution in [2.45, 2.75) is 38.8 Å². The van der Waals surface area contributed by atoms with Gasteiger partial charge < -0.3 is 5.32 Å².